The molecule has 19 heavy (non-hydrogen) atoms. The van der Waals surface area contributed by atoms with Crippen molar-refractivity contribution in [1.29, 1.82) is 0 Å². The molecule has 0 N–H and O–H groups in total. The second-order valence-corrected chi connectivity index (χ2v) is 5.39. The van der Waals surface area contributed by atoms with Gasteiger partial charge in [-0.25, -0.2) is 0 Å². The lowest BCUT2D eigenvalue weighted by Gasteiger charge is -2.10. The van der Waals surface area contributed by atoms with E-state index >= 15 is 0 Å². The number of benzene rings is 1. The predicted octanol–water partition coefficient (Wildman–Crippen LogP) is 2.04. The smallest absolute Gasteiger partial charge is 0.319 e. The summed E-state index contributed by atoms with van der Waals surface area (Å²) in [6, 6.07) is 9.61. The van der Waals surface area contributed by atoms with Crippen LogP contribution >= 0.6 is 11.8 Å². The molecule has 1 aromatic carbocycles. The Morgan fingerprint density at radius 1 is 1.42 bits per heavy atom. The van der Waals surface area contributed by atoms with E-state index in [-0.39, 0.29) is 11.2 Å². The Bertz CT molecular complexity index is 542. The van der Waals surface area contributed by atoms with Crippen molar-refractivity contribution in [3.8, 4) is 0 Å². The maximum Gasteiger partial charge on any atom is 0.319 e. The van der Waals surface area contributed by atoms with E-state index in [9.17, 15) is 4.79 Å². The zero-order valence-corrected chi connectivity index (χ0v) is 11.6. The van der Waals surface area contributed by atoms with Gasteiger partial charge in [0.25, 0.3) is 0 Å². The van der Waals surface area contributed by atoms with Crippen LogP contribution in [-0.4, -0.2) is 26.0 Å². The topological polar surface area (TPSA) is 57.0 Å². The van der Waals surface area contributed by atoms with Gasteiger partial charge in [-0.3, -0.25) is 4.79 Å². The molecule has 1 heterocycles. The van der Waals surface area contributed by atoms with E-state index in [0.717, 1.165) is 5.56 Å². The minimum atomic E-state index is -0.313. The van der Waals surface area contributed by atoms with Crippen molar-refractivity contribution in [3.05, 3.63) is 42.2 Å². The zero-order chi connectivity index (χ0) is 13.7. The lowest BCUT2D eigenvalue weighted by Crippen LogP contribution is -2.17. The molecule has 0 amide bonds. The summed E-state index contributed by atoms with van der Waals surface area (Å²) in [4.78, 5) is 11.9. The van der Waals surface area contributed by atoms with Gasteiger partial charge in [-0.2, -0.15) is 0 Å². The van der Waals surface area contributed by atoms with Gasteiger partial charge in [0.1, 0.15) is 18.2 Å². The van der Waals surface area contributed by atoms with E-state index in [4.69, 9.17) is 4.74 Å². The number of thioether (sulfide) groups is 1. The van der Waals surface area contributed by atoms with Crippen LogP contribution in [0.1, 0.15) is 12.5 Å². The standard InChI is InChI=1S/C13H15N3O2S/c1-10(19-13-15-14-9-16(13)2)12(17)18-8-11-6-4-3-5-7-11/h3-7,9-10H,8H2,1-2H3. The minimum Gasteiger partial charge on any atom is -0.460 e. The number of rotatable bonds is 5. The number of esters is 1. The maximum absolute atomic E-state index is 11.9. The number of hydrogen-bond donors (Lipinski definition) is 0. The molecule has 5 nitrogen and oxygen atoms in total. The average molecular weight is 277 g/mol. The summed E-state index contributed by atoms with van der Waals surface area (Å²) in [5.74, 6) is -0.253. The first-order chi connectivity index (χ1) is 9.16. The summed E-state index contributed by atoms with van der Waals surface area (Å²) in [6.07, 6.45) is 1.60. The van der Waals surface area contributed by atoms with Crippen molar-refractivity contribution in [2.45, 2.75) is 23.9 Å². The van der Waals surface area contributed by atoms with Crippen molar-refractivity contribution < 1.29 is 9.53 Å². The van der Waals surface area contributed by atoms with Crippen LogP contribution in [0.4, 0.5) is 0 Å². The lowest BCUT2D eigenvalue weighted by molar-refractivity contribution is -0.143. The first-order valence-corrected chi connectivity index (χ1v) is 6.76. The van der Waals surface area contributed by atoms with Crippen LogP contribution in [0.15, 0.2) is 41.8 Å². The van der Waals surface area contributed by atoms with Gasteiger partial charge >= 0.3 is 5.97 Å². The summed E-state index contributed by atoms with van der Waals surface area (Å²) < 4.78 is 7.03. The van der Waals surface area contributed by atoms with Gasteiger partial charge in [-0.15, -0.1) is 10.2 Å². The molecule has 0 spiro atoms. The van der Waals surface area contributed by atoms with Crippen LogP contribution in [0.25, 0.3) is 0 Å². The fraction of sp³-hybridized carbons (Fsp3) is 0.308. The SMILES string of the molecule is CC(Sc1nncn1C)C(=O)OCc1ccccc1. The molecule has 0 bridgehead atoms. The van der Waals surface area contributed by atoms with Crippen molar-refractivity contribution in [1.82, 2.24) is 14.8 Å². The molecule has 2 aromatic rings. The third kappa shape index (κ3) is 3.82. The third-order valence-corrected chi connectivity index (χ3v) is 3.63. The number of carbonyl (C=O) groups excluding carboxylic acids is 1. The molecule has 0 fully saturated rings. The van der Waals surface area contributed by atoms with Gasteiger partial charge < -0.3 is 9.30 Å². The fourth-order valence-electron chi connectivity index (χ4n) is 1.43. The molecule has 6 heteroatoms. The zero-order valence-electron chi connectivity index (χ0n) is 10.8. The van der Waals surface area contributed by atoms with Crippen molar-refractivity contribution in [2.75, 3.05) is 0 Å². The van der Waals surface area contributed by atoms with Crippen molar-refractivity contribution >= 4 is 17.7 Å². The van der Waals surface area contributed by atoms with E-state index in [0.29, 0.717) is 11.8 Å². The van der Waals surface area contributed by atoms with Gasteiger partial charge in [0.05, 0.1) is 0 Å². The van der Waals surface area contributed by atoms with E-state index in [1.165, 1.54) is 11.8 Å². The molecular formula is C13H15N3O2S. The number of hydrogen-bond acceptors (Lipinski definition) is 5. The Morgan fingerprint density at radius 2 is 2.16 bits per heavy atom. The summed E-state index contributed by atoms with van der Waals surface area (Å²) in [6.45, 7) is 2.09. The Hall–Kier alpha value is -1.82. The average Bonchev–Trinajstić information content (AvgIpc) is 2.82. The highest BCUT2D eigenvalue weighted by Crippen LogP contribution is 2.21. The van der Waals surface area contributed by atoms with Crippen LogP contribution < -0.4 is 0 Å². The number of carbonyl (C=O) groups is 1. The molecule has 1 aromatic heterocycles. The second kappa shape index (κ2) is 6.38. The van der Waals surface area contributed by atoms with Crippen LogP contribution in [-0.2, 0) is 23.2 Å². The number of ether oxygens (including phenoxy) is 1. The molecule has 0 aliphatic rings. The van der Waals surface area contributed by atoms with Gasteiger partial charge in [-0.05, 0) is 12.5 Å². The maximum atomic E-state index is 11.9. The minimum absolute atomic E-state index is 0.253. The van der Waals surface area contributed by atoms with Crippen molar-refractivity contribution in [2.24, 2.45) is 7.05 Å². The van der Waals surface area contributed by atoms with Crippen molar-refractivity contribution in [3.63, 3.8) is 0 Å². The van der Waals surface area contributed by atoms with Gasteiger partial charge in [0, 0.05) is 7.05 Å². The Kier molecular flexibility index (Phi) is 4.57. The third-order valence-electron chi connectivity index (χ3n) is 2.51. The monoisotopic (exact) mass is 277 g/mol. The molecule has 0 radical (unpaired) electrons. The molecule has 0 saturated carbocycles. The van der Waals surface area contributed by atoms with E-state index in [2.05, 4.69) is 10.2 Å². The van der Waals surface area contributed by atoms with Gasteiger partial charge in [0.2, 0.25) is 0 Å². The van der Waals surface area contributed by atoms with Crippen LogP contribution in [0.3, 0.4) is 0 Å². The quantitative estimate of drug-likeness (QED) is 0.618. The fourth-order valence-corrected chi connectivity index (χ4v) is 2.22. The first kappa shape index (κ1) is 13.6. The second-order valence-electron chi connectivity index (χ2n) is 4.08. The van der Waals surface area contributed by atoms with E-state index in [1.54, 1.807) is 17.8 Å². The van der Waals surface area contributed by atoms with Crippen LogP contribution in [0, 0.1) is 0 Å². The molecule has 0 aliphatic heterocycles. The number of aryl methyl sites for hydroxylation is 1. The van der Waals surface area contributed by atoms with Gasteiger partial charge in [-0.1, -0.05) is 42.1 Å². The molecular weight excluding hydrogens is 262 g/mol. The highest BCUT2D eigenvalue weighted by atomic mass is 32.2. The normalized spacial score (nSPS) is 12.1. The molecule has 0 aliphatic carbocycles. The van der Waals surface area contributed by atoms with Gasteiger partial charge in [0.15, 0.2) is 5.16 Å². The Morgan fingerprint density at radius 3 is 2.79 bits per heavy atom. The number of nitrogens with zero attached hydrogens (tertiary/aromatic N) is 3. The van der Waals surface area contributed by atoms with E-state index < -0.39 is 0 Å². The van der Waals surface area contributed by atoms with Crippen LogP contribution in [0.5, 0.6) is 0 Å². The summed E-state index contributed by atoms with van der Waals surface area (Å²) in [5, 5.41) is 8.08. The molecule has 2 rings (SSSR count). The predicted molar refractivity (Wildman–Crippen MR) is 72.6 cm³/mol. The van der Waals surface area contributed by atoms with Crippen LogP contribution in [0.2, 0.25) is 0 Å². The largest absolute Gasteiger partial charge is 0.460 e. The van der Waals surface area contributed by atoms with E-state index in [1.807, 2.05) is 37.4 Å². The lowest BCUT2D eigenvalue weighted by atomic mass is 10.2. The Labute approximate surface area is 116 Å². The summed E-state index contributed by atoms with van der Waals surface area (Å²) in [5.41, 5.74) is 0.978. The molecule has 1 atom stereocenters. The molecule has 100 valence electrons. The highest BCUT2D eigenvalue weighted by molar-refractivity contribution is 8.00. The summed E-state index contributed by atoms with van der Waals surface area (Å²) >= 11 is 1.33. The number of aromatic nitrogens is 3. The molecule has 1 unspecified atom stereocenters. The first-order valence-electron chi connectivity index (χ1n) is 5.88. The molecule has 0 saturated heterocycles. The highest BCUT2D eigenvalue weighted by Gasteiger charge is 2.18. The summed E-state index contributed by atoms with van der Waals surface area (Å²) in [7, 11) is 1.84. The Balaban J connectivity index is 1.84.